The van der Waals surface area contributed by atoms with Gasteiger partial charge in [0.05, 0.1) is 0 Å². The third-order valence-corrected chi connectivity index (χ3v) is 2.54. The van der Waals surface area contributed by atoms with Gasteiger partial charge in [0.1, 0.15) is 0 Å². The molecule has 1 aliphatic carbocycles. The Hall–Kier alpha value is -0.0800. The van der Waals surface area contributed by atoms with E-state index >= 15 is 0 Å². The molecular formula is C10H21NO. The van der Waals surface area contributed by atoms with E-state index in [4.69, 9.17) is 4.74 Å². The molecule has 0 unspecified atom stereocenters. The zero-order chi connectivity index (χ0) is 8.65. The van der Waals surface area contributed by atoms with Gasteiger partial charge < -0.3 is 10.1 Å². The van der Waals surface area contributed by atoms with Crippen LogP contribution in [0.1, 0.15) is 32.1 Å². The number of rotatable bonds is 6. The molecule has 0 aromatic rings. The van der Waals surface area contributed by atoms with Gasteiger partial charge in [-0.3, -0.25) is 0 Å². The summed E-state index contributed by atoms with van der Waals surface area (Å²) in [4.78, 5) is 0. The van der Waals surface area contributed by atoms with Crippen molar-refractivity contribution in [2.24, 2.45) is 5.92 Å². The first kappa shape index (κ1) is 10.0. The van der Waals surface area contributed by atoms with Crippen molar-refractivity contribution in [3.05, 3.63) is 0 Å². The Morgan fingerprint density at radius 3 is 2.75 bits per heavy atom. The molecule has 0 radical (unpaired) electrons. The van der Waals surface area contributed by atoms with E-state index in [-0.39, 0.29) is 0 Å². The van der Waals surface area contributed by atoms with Crippen LogP contribution in [0.2, 0.25) is 0 Å². The van der Waals surface area contributed by atoms with Crippen LogP contribution in [-0.4, -0.2) is 26.8 Å². The van der Waals surface area contributed by atoms with Gasteiger partial charge >= 0.3 is 0 Å². The Kier molecular flexibility index (Phi) is 5.37. The van der Waals surface area contributed by atoms with Gasteiger partial charge in [-0.25, -0.2) is 0 Å². The molecule has 0 saturated heterocycles. The standard InChI is InChI=1S/C10H21NO/c1-11-7-4-8-12-9-10-5-2-3-6-10/h10-11H,2-9H2,1H3. The lowest BCUT2D eigenvalue weighted by molar-refractivity contribution is 0.0996. The molecule has 0 atom stereocenters. The Morgan fingerprint density at radius 2 is 2.08 bits per heavy atom. The highest BCUT2D eigenvalue weighted by Crippen LogP contribution is 2.24. The summed E-state index contributed by atoms with van der Waals surface area (Å²) >= 11 is 0. The van der Waals surface area contributed by atoms with Crippen LogP contribution in [0.5, 0.6) is 0 Å². The minimum absolute atomic E-state index is 0.875. The molecule has 0 amide bonds. The van der Waals surface area contributed by atoms with Crippen molar-refractivity contribution in [2.45, 2.75) is 32.1 Å². The maximum Gasteiger partial charge on any atom is 0.0494 e. The van der Waals surface area contributed by atoms with E-state index < -0.39 is 0 Å². The Bertz CT molecular complexity index is 100. The van der Waals surface area contributed by atoms with Gasteiger partial charge in [0.25, 0.3) is 0 Å². The quantitative estimate of drug-likeness (QED) is 0.615. The summed E-state index contributed by atoms with van der Waals surface area (Å²) < 4.78 is 5.58. The molecule has 72 valence electrons. The number of hydrogen-bond donors (Lipinski definition) is 1. The Balaban J connectivity index is 1.81. The largest absolute Gasteiger partial charge is 0.381 e. The second-order valence-corrected chi connectivity index (χ2v) is 3.68. The first-order valence-corrected chi connectivity index (χ1v) is 5.16. The maximum atomic E-state index is 5.58. The van der Waals surface area contributed by atoms with E-state index in [1.165, 1.54) is 25.7 Å². The van der Waals surface area contributed by atoms with Crippen LogP contribution in [0, 0.1) is 5.92 Å². The molecule has 2 heteroatoms. The average molecular weight is 171 g/mol. The van der Waals surface area contributed by atoms with Gasteiger partial charge in [0.15, 0.2) is 0 Å². The summed E-state index contributed by atoms with van der Waals surface area (Å²) in [7, 11) is 1.98. The van der Waals surface area contributed by atoms with E-state index in [1.807, 2.05) is 7.05 Å². The summed E-state index contributed by atoms with van der Waals surface area (Å²) in [6.07, 6.45) is 6.77. The Morgan fingerprint density at radius 1 is 1.33 bits per heavy atom. The topological polar surface area (TPSA) is 21.3 Å². The van der Waals surface area contributed by atoms with E-state index in [9.17, 15) is 0 Å². The van der Waals surface area contributed by atoms with E-state index in [0.29, 0.717) is 0 Å². The molecular weight excluding hydrogens is 150 g/mol. The fourth-order valence-corrected chi connectivity index (χ4v) is 1.78. The zero-order valence-corrected chi connectivity index (χ0v) is 8.14. The predicted octanol–water partition coefficient (Wildman–Crippen LogP) is 1.80. The molecule has 0 spiro atoms. The summed E-state index contributed by atoms with van der Waals surface area (Å²) in [5, 5.41) is 3.12. The molecule has 1 saturated carbocycles. The van der Waals surface area contributed by atoms with Crippen LogP contribution in [0.3, 0.4) is 0 Å². The first-order chi connectivity index (χ1) is 5.93. The lowest BCUT2D eigenvalue weighted by Gasteiger charge is -2.09. The second-order valence-electron chi connectivity index (χ2n) is 3.68. The second kappa shape index (κ2) is 6.44. The molecule has 0 aliphatic heterocycles. The predicted molar refractivity (Wildman–Crippen MR) is 51.3 cm³/mol. The summed E-state index contributed by atoms with van der Waals surface area (Å²) in [6, 6.07) is 0. The van der Waals surface area contributed by atoms with Crippen molar-refractivity contribution < 1.29 is 4.74 Å². The van der Waals surface area contributed by atoms with Gasteiger partial charge in [0.2, 0.25) is 0 Å². The third kappa shape index (κ3) is 4.07. The number of ether oxygens (including phenoxy) is 1. The highest BCUT2D eigenvalue weighted by molar-refractivity contribution is 4.66. The summed E-state index contributed by atoms with van der Waals surface area (Å²) in [5.74, 6) is 0.875. The molecule has 1 aliphatic rings. The van der Waals surface area contributed by atoms with Crippen molar-refractivity contribution in [3.63, 3.8) is 0 Å². The van der Waals surface area contributed by atoms with E-state index in [0.717, 1.165) is 32.1 Å². The smallest absolute Gasteiger partial charge is 0.0494 e. The van der Waals surface area contributed by atoms with Gasteiger partial charge in [0, 0.05) is 13.2 Å². The molecule has 12 heavy (non-hydrogen) atoms. The highest BCUT2D eigenvalue weighted by atomic mass is 16.5. The van der Waals surface area contributed by atoms with E-state index in [1.54, 1.807) is 0 Å². The normalized spacial score (nSPS) is 18.8. The van der Waals surface area contributed by atoms with Crippen molar-refractivity contribution >= 4 is 0 Å². The van der Waals surface area contributed by atoms with Crippen LogP contribution >= 0.6 is 0 Å². The van der Waals surface area contributed by atoms with Crippen molar-refractivity contribution in [1.29, 1.82) is 0 Å². The van der Waals surface area contributed by atoms with Crippen molar-refractivity contribution in [2.75, 3.05) is 26.8 Å². The minimum atomic E-state index is 0.875. The minimum Gasteiger partial charge on any atom is -0.381 e. The lowest BCUT2D eigenvalue weighted by Crippen LogP contribution is -2.12. The van der Waals surface area contributed by atoms with Gasteiger partial charge in [-0.05, 0) is 38.8 Å². The third-order valence-electron chi connectivity index (χ3n) is 2.54. The maximum absolute atomic E-state index is 5.58. The fraction of sp³-hybridized carbons (Fsp3) is 1.00. The Labute approximate surface area is 75.7 Å². The van der Waals surface area contributed by atoms with E-state index in [2.05, 4.69) is 5.32 Å². The molecule has 0 aromatic heterocycles. The molecule has 0 heterocycles. The van der Waals surface area contributed by atoms with Crippen LogP contribution in [0.15, 0.2) is 0 Å². The van der Waals surface area contributed by atoms with Crippen LogP contribution in [-0.2, 0) is 4.74 Å². The molecule has 0 aromatic carbocycles. The monoisotopic (exact) mass is 171 g/mol. The summed E-state index contributed by atoms with van der Waals surface area (Å²) in [5.41, 5.74) is 0. The summed E-state index contributed by atoms with van der Waals surface area (Å²) in [6.45, 7) is 3.01. The zero-order valence-electron chi connectivity index (χ0n) is 8.14. The SMILES string of the molecule is CNCCCOCC1CCCC1. The van der Waals surface area contributed by atoms with Gasteiger partial charge in [-0.1, -0.05) is 12.8 Å². The van der Waals surface area contributed by atoms with Crippen LogP contribution < -0.4 is 5.32 Å². The average Bonchev–Trinajstić information content (AvgIpc) is 2.57. The lowest BCUT2D eigenvalue weighted by atomic mass is 10.1. The number of hydrogen-bond acceptors (Lipinski definition) is 2. The van der Waals surface area contributed by atoms with Crippen LogP contribution in [0.4, 0.5) is 0 Å². The number of nitrogens with one attached hydrogen (secondary N) is 1. The van der Waals surface area contributed by atoms with Crippen molar-refractivity contribution in [3.8, 4) is 0 Å². The fourth-order valence-electron chi connectivity index (χ4n) is 1.78. The van der Waals surface area contributed by atoms with Gasteiger partial charge in [-0.15, -0.1) is 0 Å². The molecule has 1 rings (SSSR count). The molecule has 1 fully saturated rings. The molecule has 0 bridgehead atoms. The first-order valence-electron chi connectivity index (χ1n) is 5.16. The van der Waals surface area contributed by atoms with Crippen molar-refractivity contribution in [1.82, 2.24) is 5.32 Å². The van der Waals surface area contributed by atoms with Crippen LogP contribution in [0.25, 0.3) is 0 Å². The molecule has 2 nitrogen and oxygen atoms in total. The highest BCUT2D eigenvalue weighted by Gasteiger charge is 2.14. The van der Waals surface area contributed by atoms with Gasteiger partial charge in [-0.2, -0.15) is 0 Å². The molecule has 1 N–H and O–H groups in total.